The van der Waals surface area contributed by atoms with Gasteiger partial charge >= 0.3 is 11.6 Å². The molecule has 0 amide bonds. The van der Waals surface area contributed by atoms with Gasteiger partial charge in [-0.1, -0.05) is 5.43 Å². The first-order chi connectivity index (χ1) is 8.72. The molecule has 0 fully saturated rings. The molecule has 0 aliphatic rings. The Hall–Kier alpha value is -3.46. The molecular weight excluding hydrogens is 276 g/mol. The van der Waals surface area contributed by atoms with Gasteiger partial charge in [0.25, 0.3) is 5.95 Å². The summed E-state index contributed by atoms with van der Waals surface area (Å²) in [5, 5.41) is 45.3. The zero-order valence-electron chi connectivity index (χ0n) is 8.45. The molecular formula is C3H2N8O8. The SMILES string of the molecule is O=[N+]([O-])Nc1nc(C([N+](=O)[O-])([N+](=O)[O-])[N+](=O)[O-])n[nH]1. The van der Waals surface area contributed by atoms with Crippen LogP contribution >= 0.6 is 0 Å². The highest BCUT2D eigenvalue weighted by molar-refractivity contribution is 5.18. The number of anilines is 1. The lowest BCUT2D eigenvalue weighted by atomic mass is 10.3. The molecule has 0 saturated heterocycles. The van der Waals surface area contributed by atoms with Crippen molar-refractivity contribution >= 4 is 5.95 Å². The van der Waals surface area contributed by atoms with E-state index in [2.05, 4.69) is 10.1 Å². The van der Waals surface area contributed by atoms with Gasteiger partial charge in [0.2, 0.25) is 0 Å². The molecule has 1 rings (SSSR count). The highest BCUT2D eigenvalue weighted by atomic mass is 16.7. The van der Waals surface area contributed by atoms with Gasteiger partial charge in [0.15, 0.2) is 19.8 Å². The average molecular weight is 278 g/mol. The van der Waals surface area contributed by atoms with E-state index in [1.165, 1.54) is 5.43 Å². The van der Waals surface area contributed by atoms with Gasteiger partial charge in [-0.15, -0.1) is 5.10 Å². The third-order valence-electron chi connectivity index (χ3n) is 1.75. The first-order valence-corrected chi connectivity index (χ1v) is 4.00. The van der Waals surface area contributed by atoms with E-state index in [9.17, 15) is 40.5 Å². The summed E-state index contributed by atoms with van der Waals surface area (Å²) >= 11 is 0. The summed E-state index contributed by atoms with van der Waals surface area (Å²) in [6, 6.07) is 0. The Bertz CT molecular complexity index is 526. The van der Waals surface area contributed by atoms with Crippen LogP contribution in [0.5, 0.6) is 0 Å². The smallest absolute Gasteiger partial charge is 0.252 e. The summed E-state index contributed by atoms with van der Waals surface area (Å²) in [7, 11) is 0. The lowest BCUT2D eigenvalue weighted by Gasteiger charge is -2.03. The van der Waals surface area contributed by atoms with Gasteiger partial charge in [-0.25, -0.2) is 15.2 Å². The Labute approximate surface area is 99.5 Å². The highest BCUT2D eigenvalue weighted by Crippen LogP contribution is 2.23. The predicted octanol–water partition coefficient (Wildman–Crippen LogP) is -1.65. The van der Waals surface area contributed by atoms with Crippen molar-refractivity contribution in [1.29, 1.82) is 0 Å². The van der Waals surface area contributed by atoms with Crippen LogP contribution in [0.1, 0.15) is 5.82 Å². The maximum Gasteiger partial charge on any atom is 0.765 e. The second kappa shape index (κ2) is 4.43. The minimum atomic E-state index is -4.05. The van der Waals surface area contributed by atoms with E-state index < -0.39 is 37.4 Å². The maximum absolute atomic E-state index is 10.6. The topological polar surface area (TPSA) is 226 Å². The highest BCUT2D eigenvalue weighted by Gasteiger charge is 2.76. The van der Waals surface area contributed by atoms with Crippen molar-refractivity contribution in [3.05, 3.63) is 46.3 Å². The minimum Gasteiger partial charge on any atom is -0.252 e. The number of aromatic nitrogens is 3. The number of nitrogens with zero attached hydrogens (tertiary/aromatic N) is 6. The molecule has 0 bridgehead atoms. The number of rotatable bonds is 6. The zero-order chi connectivity index (χ0) is 14.8. The largest absolute Gasteiger partial charge is 0.765 e. The molecule has 0 aliphatic carbocycles. The summed E-state index contributed by atoms with van der Waals surface area (Å²) in [5.41, 5.74) is 1.34. The predicted molar refractivity (Wildman–Crippen MR) is 49.7 cm³/mol. The third-order valence-corrected chi connectivity index (χ3v) is 1.75. The van der Waals surface area contributed by atoms with Gasteiger partial charge in [0.05, 0.1) is 0 Å². The summed E-state index contributed by atoms with van der Waals surface area (Å²) in [6.07, 6.45) is 0. The fraction of sp³-hybridized carbons (Fsp3) is 0.333. The lowest BCUT2D eigenvalue weighted by Crippen LogP contribution is -2.51. The van der Waals surface area contributed by atoms with Crippen LogP contribution < -0.4 is 5.43 Å². The van der Waals surface area contributed by atoms with Crippen molar-refractivity contribution in [1.82, 2.24) is 15.2 Å². The van der Waals surface area contributed by atoms with E-state index in [-0.39, 0.29) is 0 Å². The molecule has 0 aromatic carbocycles. The van der Waals surface area contributed by atoms with Crippen molar-refractivity contribution < 1.29 is 19.8 Å². The molecule has 102 valence electrons. The molecule has 0 aliphatic heterocycles. The Morgan fingerprint density at radius 1 is 1.00 bits per heavy atom. The van der Waals surface area contributed by atoms with Gasteiger partial charge in [-0.2, -0.15) is 4.98 Å². The number of H-pyrrole nitrogens is 1. The Morgan fingerprint density at radius 2 is 1.47 bits per heavy atom. The molecule has 1 aromatic heterocycles. The molecule has 1 aromatic rings. The van der Waals surface area contributed by atoms with Crippen molar-refractivity contribution in [3.8, 4) is 0 Å². The van der Waals surface area contributed by atoms with Crippen molar-refractivity contribution in [2.75, 3.05) is 5.43 Å². The standard InChI is InChI=1S/C3H2N8O8/c12-8(13)3(9(14)15,10(16)17)1-4-2(6-5-1)7-11(18)19/h(H2,4,5,6,7). The number of nitrogens with one attached hydrogen (secondary N) is 2. The fourth-order valence-electron chi connectivity index (χ4n) is 0.993. The first-order valence-electron chi connectivity index (χ1n) is 4.00. The van der Waals surface area contributed by atoms with Crippen LogP contribution in [0.15, 0.2) is 0 Å². The lowest BCUT2D eigenvalue weighted by molar-refractivity contribution is -0.987. The summed E-state index contributed by atoms with van der Waals surface area (Å²) in [6.45, 7) is 0. The summed E-state index contributed by atoms with van der Waals surface area (Å²) < 4.78 is 0. The molecule has 0 unspecified atom stereocenters. The maximum atomic E-state index is 10.6. The van der Waals surface area contributed by atoms with E-state index in [1.807, 2.05) is 0 Å². The van der Waals surface area contributed by atoms with Crippen LogP contribution in [0.25, 0.3) is 0 Å². The Balaban J connectivity index is 3.38. The number of hydrogen-bond donors (Lipinski definition) is 2. The van der Waals surface area contributed by atoms with Gasteiger partial charge in [-0.3, -0.25) is 30.3 Å². The van der Waals surface area contributed by atoms with E-state index in [4.69, 9.17) is 0 Å². The first kappa shape index (κ1) is 13.6. The second-order valence-electron chi connectivity index (χ2n) is 2.78. The van der Waals surface area contributed by atoms with Crippen LogP contribution in [-0.2, 0) is 5.79 Å². The monoisotopic (exact) mass is 278 g/mol. The quantitative estimate of drug-likeness (QED) is 0.340. The van der Waals surface area contributed by atoms with Crippen LogP contribution in [0, 0.1) is 40.5 Å². The number of hydrogen-bond acceptors (Lipinski definition) is 10. The molecule has 0 spiro atoms. The molecule has 19 heavy (non-hydrogen) atoms. The number of nitro groups is 4. The van der Waals surface area contributed by atoms with E-state index in [0.29, 0.717) is 0 Å². The normalized spacial score (nSPS) is 10.7. The molecule has 2 N–H and O–H groups in total. The number of aromatic amines is 1. The molecule has 0 atom stereocenters. The van der Waals surface area contributed by atoms with Crippen molar-refractivity contribution in [3.63, 3.8) is 0 Å². The summed E-state index contributed by atoms with van der Waals surface area (Å²) in [4.78, 5) is 39.3. The number of hydrazine groups is 1. The molecule has 16 nitrogen and oxygen atoms in total. The third kappa shape index (κ3) is 2.03. The zero-order valence-corrected chi connectivity index (χ0v) is 8.45. The average Bonchev–Trinajstić information content (AvgIpc) is 2.64. The van der Waals surface area contributed by atoms with Crippen LogP contribution in [0.2, 0.25) is 0 Å². The molecule has 1 heterocycles. The van der Waals surface area contributed by atoms with Crippen LogP contribution in [0.3, 0.4) is 0 Å². The molecule has 16 heteroatoms. The van der Waals surface area contributed by atoms with E-state index >= 15 is 0 Å². The van der Waals surface area contributed by atoms with Gasteiger partial charge in [0, 0.05) is 0 Å². The van der Waals surface area contributed by atoms with Crippen LogP contribution in [0.4, 0.5) is 5.95 Å². The van der Waals surface area contributed by atoms with E-state index in [1.54, 1.807) is 5.10 Å². The van der Waals surface area contributed by atoms with Crippen LogP contribution in [-0.4, -0.2) is 35.0 Å². The van der Waals surface area contributed by atoms with Gasteiger partial charge < -0.3 is 0 Å². The second-order valence-corrected chi connectivity index (χ2v) is 2.78. The van der Waals surface area contributed by atoms with Crippen molar-refractivity contribution in [2.24, 2.45) is 0 Å². The minimum absolute atomic E-state index is 0.838. The molecule has 0 saturated carbocycles. The fourth-order valence-corrected chi connectivity index (χ4v) is 0.993. The Kier molecular flexibility index (Phi) is 3.17. The van der Waals surface area contributed by atoms with Gasteiger partial charge in [-0.05, 0) is 0 Å². The molecule has 0 radical (unpaired) electrons. The van der Waals surface area contributed by atoms with E-state index in [0.717, 1.165) is 0 Å². The van der Waals surface area contributed by atoms with Crippen molar-refractivity contribution in [2.45, 2.75) is 5.79 Å². The van der Waals surface area contributed by atoms with Gasteiger partial charge in [0.1, 0.15) is 0 Å². The summed E-state index contributed by atoms with van der Waals surface area (Å²) in [5.74, 6) is -6.35. The Morgan fingerprint density at radius 3 is 1.84 bits per heavy atom.